The SMILES string of the molecule is CC[C@@H](c1cn(-c2ccccc2F)nn1)c1cc(-c2cnc(C(F)(F)F)nc2)c2c(N)ncnn12. The molecule has 35 heavy (non-hydrogen) atoms. The number of hydrogen-bond acceptors (Lipinski definition) is 7. The number of alkyl halides is 3. The highest BCUT2D eigenvalue weighted by Gasteiger charge is 2.34. The molecule has 0 fully saturated rings. The Morgan fingerprint density at radius 1 is 1.09 bits per heavy atom. The Hall–Kier alpha value is -4.42. The second kappa shape index (κ2) is 8.42. The van der Waals surface area contributed by atoms with Crippen LogP contribution >= 0.6 is 0 Å². The van der Waals surface area contributed by atoms with Crippen molar-refractivity contribution in [3.63, 3.8) is 0 Å². The maximum absolute atomic E-state index is 14.2. The van der Waals surface area contributed by atoms with Crippen LogP contribution in [0.15, 0.2) is 55.2 Å². The number of nitrogens with two attached hydrogens (primary N) is 1. The van der Waals surface area contributed by atoms with Crippen LogP contribution < -0.4 is 5.73 Å². The van der Waals surface area contributed by atoms with Crippen molar-refractivity contribution < 1.29 is 17.6 Å². The number of benzene rings is 1. The van der Waals surface area contributed by atoms with Gasteiger partial charge in [-0.15, -0.1) is 5.10 Å². The highest BCUT2D eigenvalue weighted by Crippen LogP contribution is 2.36. The molecule has 0 aliphatic carbocycles. The van der Waals surface area contributed by atoms with Gasteiger partial charge < -0.3 is 5.73 Å². The van der Waals surface area contributed by atoms with Crippen LogP contribution in [0.4, 0.5) is 23.4 Å². The summed E-state index contributed by atoms with van der Waals surface area (Å²) in [5.74, 6) is -1.91. The van der Waals surface area contributed by atoms with Crippen LogP contribution in [0.1, 0.15) is 36.5 Å². The largest absolute Gasteiger partial charge is 0.451 e. The number of hydrogen-bond donors (Lipinski definition) is 1. The number of fused-ring (bicyclic) bond motifs is 1. The third kappa shape index (κ3) is 3.94. The van der Waals surface area contributed by atoms with Gasteiger partial charge in [0.25, 0.3) is 0 Å². The van der Waals surface area contributed by atoms with E-state index in [0.29, 0.717) is 34.5 Å². The van der Waals surface area contributed by atoms with Gasteiger partial charge in [0.2, 0.25) is 5.82 Å². The molecule has 2 N–H and O–H groups in total. The summed E-state index contributed by atoms with van der Waals surface area (Å²) in [5.41, 5.74) is 8.72. The molecule has 5 aromatic rings. The minimum Gasteiger partial charge on any atom is -0.382 e. The van der Waals surface area contributed by atoms with E-state index in [4.69, 9.17) is 5.73 Å². The lowest BCUT2D eigenvalue weighted by atomic mass is 9.98. The summed E-state index contributed by atoms with van der Waals surface area (Å²) >= 11 is 0. The molecule has 5 rings (SSSR count). The number of nitrogen functional groups attached to an aromatic ring is 1. The minimum absolute atomic E-state index is 0.131. The average Bonchev–Trinajstić information content (AvgIpc) is 3.46. The minimum atomic E-state index is -4.66. The normalized spacial score (nSPS) is 12.8. The lowest BCUT2D eigenvalue weighted by Gasteiger charge is -2.11. The van der Waals surface area contributed by atoms with Gasteiger partial charge in [0, 0.05) is 29.4 Å². The molecule has 178 valence electrons. The molecule has 0 saturated carbocycles. The van der Waals surface area contributed by atoms with Crippen molar-refractivity contribution in [3.05, 3.63) is 78.3 Å². The first-order valence-corrected chi connectivity index (χ1v) is 10.5. The van der Waals surface area contributed by atoms with E-state index in [9.17, 15) is 17.6 Å². The molecular weight excluding hydrogens is 466 g/mol. The fraction of sp³-hybridized carbons (Fsp3) is 0.182. The zero-order valence-electron chi connectivity index (χ0n) is 18.1. The van der Waals surface area contributed by atoms with Crippen molar-refractivity contribution in [1.82, 2.24) is 39.6 Å². The fourth-order valence-electron chi connectivity index (χ4n) is 3.94. The van der Waals surface area contributed by atoms with Gasteiger partial charge in [0.05, 0.1) is 17.6 Å². The van der Waals surface area contributed by atoms with Crippen LogP contribution in [0.5, 0.6) is 0 Å². The van der Waals surface area contributed by atoms with Gasteiger partial charge in [-0.1, -0.05) is 24.3 Å². The van der Waals surface area contributed by atoms with Gasteiger partial charge in [-0.2, -0.15) is 18.3 Å². The molecule has 0 saturated heterocycles. The molecular formula is C22H17F4N9. The Kier molecular flexibility index (Phi) is 5.38. The van der Waals surface area contributed by atoms with Gasteiger partial charge in [-0.25, -0.2) is 28.5 Å². The van der Waals surface area contributed by atoms with Gasteiger partial charge in [0.1, 0.15) is 23.3 Å². The summed E-state index contributed by atoms with van der Waals surface area (Å²) in [6, 6.07) is 7.91. The number of aromatic nitrogens is 8. The topological polar surface area (TPSA) is 113 Å². The Morgan fingerprint density at radius 3 is 2.51 bits per heavy atom. The van der Waals surface area contributed by atoms with Crippen LogP contribution in [-0.4, -0.2) is 39.6 Å². The van der Waals surface area contributed by atoms with Gasteiger partial charge >= 0.3 is 6.18 Å². The van der Waals surface area contributed by atoms with Gasteiger partial charge in [-0.3, -0.25) is 0 Å². The predicted molar refractivity (Wildman–Crippen MR) is 117 cm³/mol. The maximum Gasteiger partial charge on any atom is 0.451 e. The molecule has 0 bridgehead atoms. The first-order valence-electron chi connectivity index (χ1n) is 10.5. The molecule has 0 spiro atoms. The zero-order valence-corrected chi connectivity index (χ0v) is 18.1. The highest BCUT2D eigenvalue weighted by molar-refractivity contribution is 5.88. The highest BCUT2D eigenvalue weighted by atomic mass is 19.4. The second-order valence-electron chi connectivity index (χ2n) is 7.68. The Labute approximate surface area is 195 Å². The van der Waals surface area contributed by atoms with E-state index in [1.807, 2.05) is 6.92 Å². The predicted octanol–water partition coefficient (Wildman–Crippen LogP) is 4.05. The molecule has 0 unspecified atom stereocenters. The first-order chi connectivity index (χ1) is 16.8. The quantitative estimate of drug-likeness (QED) is 0.375. The molecule has 9 nitrogen and oxygen atoms in total. The van der Waals surface area contributed by atoms with Crippen LogP contribution in [0.3, 0.4) is 0 Å². The molecule has 1 aromatic carbocycles. The van der Waals surface area contributed by atoms with E-state index in [-0.39, 0.29) is 17.4 Å². The molecule has 0 aliphatic heterocycles. The fourth-order valence-corrected chi connectivity index (χ4v) is 3.94. The summed E-state index contributed by atoms with van der Waals surface area (Å²) in [6.07, 6.45) is 0.966. The first kappa shape index (κ1) is 22.4. The van der Waals surface area contributed by atoms with E-state index in [1.165, 1.54) is 17.1 Å². The Balaban J connectivity index is 1.62. The van der Waals surface area contributed by atoms with E-state index in [0.717, 1.165) is 12.4 Å². The number of nitrogens with zero attached hydrogens (tertiary/aromatic N) is 8. The monoisotopic (exact) mass is 483 g/mol. The van der Waals surface area contributed by atoms with Crippen LogP contribution in [-0.2, 0) is 6.18 Å². The lowest BCUT2D eigenvalue weighted by molar-refractivity contribution is -0.144. The third-order valence-electron chi connectivity index (χ3n) is 5.56. The lowest BCUT2D eigenvalue weighted by Crippen LogP contribution is -2.10. The zero-order chi connectivity index (χ0) is 24.7. The molecule has 1 atom stereocenters. The van der Waals surface area contributed by atoms with Crippen LogP contribution in [0, 0.1) is 5.82 Å². The number of anilines is 1. The van der Waals surface area contributed by atoms with Gasteiger partial charge in [0.15, 0.2) is 5.82 Å². The van der Waals surface area contributed by atoms with E-state index in [2.05, 4.69) is 30.4 Å². The molecule has 0 amide bonds. The van der Waals surface area contributed by atoms with Crippen molar-refractivity contribution in [3.8, 4) is 16.8 Å². The summed E-state index contributed by atoms with van der Waals surface area (Å²) in [4.78, 5) is 10.9. The molecule has 0 aliphatic rings. The number of halogens is 4. The van der Waals surface area contributed by atoms with Crippen LogP contribution in [0.25, 0.3) is 22.3 Å². The number of para-hydroxylation sites is 1. The summed E-state index contributed by atoms with van der Waals surface area (Å²) in [7, 11) is 0. The summed E-state index contributed by atoms with van der Waals surface area (Å²) in [5, 5.41) is 12.6. The third-order valence-corrected chi connectivity index (χ3v) is 5.56. The van der Waals surface area contributed by atoms with Crippen molar-refractivity contribution in [2.45, 2.75) is 25.4 Å². The van der Waals surface area contributed by atoms with Crippen molar-refractivity contribution in [2.24, 2.45) is 0 Å². The molecule has 4 heterocycles. The molecule has 0 radical (unpaired) electrons. The van der Waals surface area contributed by atoms with Crippen molar-refractivity contribution >= 4 is 11.3 Å². The Bertz CT molecular complexity index is 1510. The summed E-state index contributed by atoms with van der Waals surface area (Å²) in [6.45, 7) is 1.93. The Morgan fingerprint density at radius 2 is 1.83 bits per heavy atom. The maximum atomic E-state index is 14.2. The standard InChI is InChI=1S/C22H17F4N9/c1-2-13(16-10-34(33-32-16)17-6-4-3-5-15(17)23)18-7-14(19-20(27)30-11-31-35(18)19)12-8-28-21(29-9-12)22(24,25)26/h3-11,13H,2H2,1H3,(H2,27,30,31)/t13-/m0/s1. The van der Waals surface area contributed by atoms with Crippen molar-refractivity contribution in [2.75, 3.05) is 5.73 Å². The van der Waals surface area contributed by atoms with Crippen molar-refractivity contribution in [1.29, 1.82) is 0 Å². The smallest absolute Gasteiger partial charge is 0.382 e. The van der Waals surface area contributed by atoms with Gasteiger partial charge in [-0.05, 0) is 24.6 Å². The summed E-state index contributed by atoms with van der Waals surface area (Å²) < 4.78 is 55.9. The van der Waals surface area contributed by atoms with E-state index >= 15 is 0 Å². The molecule has 13 heteroatoms. The number of rotatable bonds is 5. The van der Waals surface area contributed by atoms with Crippen LogP contribution in [0.2, 0.25) is 0 Å². The molecule has 4 aromatic heterocycles. The average molecular weight is 483 g/mol. The van der Waals surface area contributed by atoms with E-state index in [1.54, 1.807) is 35.0 Å². The van der Waals surface area contributed by atoms with E-state index < -0.39 is 17.8 Å². The second-order valence-corrected chi connectivity index (χ2v) is 7.68.